The third kappa shape index (κ3) is 12.3. The third-order valence-corrected chi connectivity index (χ3v) is 9.77. The molecule has 0 aliphatic heterocycles. The van der Waals surface area contributed by atoms with E-state index in [4.69, 9.17) is 52.1 Å². The molecular weight excluding hydrogens is 826 g/mol. The van der Waals surface area contributed by atoms with E-state index in [1.165, 1.54) is 0 Å². The highest BCUT2D eigenvalue weighted by atomic mass is 35.5. The topological polar surface area (TPSA) is 147 Å². The predicted molar refractivity (Wildman–Crippen MR) is 242 cm³/mol. The van der Waals surface area contributed by atoms with E-state index >= 15 is 0 Å². The molecule has 5 N–H and O–H groups in total. The SMILES string of the molecule is CCc1cc(Cl)cnc1N.CCc1cc(Cl)cnc1NC(c1ccc(Cl)cc1)c1ccc2cccnc2c1O.O=Cc1ccc(Cl)cc1.Oc1cccc2cccnc12. The molecule has 13 heteroatoms. The Kier molecular flexibility index (Phi) is 16.2. The second kappa shape index (κ2) is 21.7. The van der Waals surface area contributed by atoms with Gasteiger partial charge in [-0.2, -0.15) is 0 Å². The highest BCUT2D eigenvalue weighted by Gasteiger charge is 2.21. The van der Waals surface area contributed by atoms with Gasteiger partial charge in [0, 0.05) is 56.7 Å². The van der Waals surface area contributed by atoms with E-state index in [1.807, 2.05) is 92.7 Å². The fourth-order valence-electron chi connectivity index (χ4n) is 5.80. The zero-order valence-corrected chi connectivity index (χ0v) is 35.1. The van der Waals surface area contributed by atoms with Gasteiger partial charge in [0.25, 0.3) is 0 Å². The van der Waals surface area contributed by atoms with Gasteiger partial charge in [0.2, 0.25) is 0 Å². The first-order valence-electron chi connectivity index (χ1n) is 18.4. The van der Waals surface area contributed by atoms with E-state index < -0.39 is 0 Å². The van der Waals surface area contributed by atoms with Crippen molar-refractivity contribution in [2.45, 2.75) is 32.7 Å². The summed E-state index contributed by atoms with van der Waals surface area (Å²) < 4.78 is 0. The van der Waals surface area contributed by atoms with Crippen LogP contribution in [0.3, 0.4) is 0 Å². The Labute approximate surface area is 362 Å². The van der Waals surface area contributed by atoms with Gasteiger partial charge in [-0.05, 0) is 84.1 Å². The van der Waals surface area contributed by atoms with Crippen LogP contribution in [-0.4, -0.2) is 36.4 Å². The summed E-state index contributed by atoms with van der Waals surface area (Å²) in [7, 11) is 0. The number of phenols is 2. The maximum atomic E-state index is 11.0. The lowest BCUT2D eigenvalue weighted by molar-refractivity contribution is 0.112. The molecule has 8 rings (SSSR count). The predicted octanol–water partition coefficient (Wildman–Crippen LogP) is 12.4. The lowest BCUT2D eigenvalue weighted by atomic mass is 9.96. The largest absolute Gasteiger partial charge is 0.506 e. The first-order valence-corrected chi connectivity index (χ1v) is 19.9. The van der Waals surface area contributed by atoms with Crippen LogP contribution in [0.4, 0.5) is 11.6 Å². The Hall–Kier alpha value is -5.97. The van der Waals surface area contributed by atoms with Crippen LogP contribution >= 0.6 is 46.4 Å². The number of aryl methyl sites for hydroxylation is 2. The number of benzene rings is 4. The molecule has 0 bridgehead atoms. The number of nitrogens with zero attached hydrogens (tertiary/aromatic N) is 4. The molecule has 0 aliphatic rings. The van der Waals surface area contributed by atoms with Gasteiger partial charge in [-0.15, -0.1) is 0 Å². The number of halogens is 4. The number of phenolic OH excluding ortho intramolecular Hbond substituents is 2. The number of para-hydroxylation sites is 1. The van der Waals surface area contributed by atoms with Crippen molar-refractivity contribution < 1.29 is 15.0 Å². The lowest BCUT2D eigenvalue weighted by Crippen LogP contribution is -2.15. The minimum Gasteiger partial charge on any atom is -0.506 e. The number of aromatic nitrogens is 4. The number of rotatable bonds is 7. The molecule has 0 radical (unpaired) electrons. The Balaban J connectivity index is 0.000000179. The summed E-state index contributed by atoms with van der Waals surface area (Å²) in [6.45, 7) is 4.07. The second-order valence-corrected chi connectivity index (χ2v) is 14.5. The van der Waals surface area contributed by atoms with E-state index in [9.17, 15) is 15.0 Å². The quantitative estimate of drug-likeness (QED) is 0.115. The molecule has 0 aliphatic carbocycles. The van der Waals surface area contributed by atoms with Crippen LogP contribution < -0.4 is 11.1 Å². The van der Waals surface area contributed by atoms with Crippen molar-refractivity contribution in [3.8, 4) is 11.5 Å². The van der Waals surface area contributed by atoms with Crippen molar-refractivity contribution in [1.82, 2.24) is 19.9 Å². The number of aldehydes is 1. The highest BCUT2D eigenvalue weighted by Crippen LogP contribution is 2.37. The smallest absolute Gasteiger partial charge is 0.150 e. The van der Waals surface area contributed by atoms with Gasteiger partial charge in [0.1, 0.15) is 40.5 Å². The Morgan fingerprint density at radius 3 is 1.80 bits per heavy atom. The molecule has 0 amide bonds. The van der Waals surface area contributed by atoms with Gasteiger partial charge in [-0.1, -0.05) is 121 Å². The summed E-state index contributed by atoms with van der Waals surface area (Å²) >= 11 is 23.4. The molecule has 0 saturated carbocycles. The average Bonchev–Trinajstić information content (AvgIpc) is 3.26. The van der Waals surface area contributed by atoms with Crippen molar-refractivity contribution in [2.75, 3.05) is 11.1 Å². The monoisotopic (exact) mass is 864 g/mol. The summed E-state index contributed by atoms with van der Waals surface area (Å²) in [5.41, 5.74) is 11.1. The summed E-state index contributed by atoms with van der Waals surface area (Å²) in [4.78, 5) is 26.8. The second-order valence-electron chi connectivity index (χ2n) is 12.8. The molecule has 8 aromatic rings. The normalized spacial score (nSPS) is 10.9. The molecule has 4 aromatic heterocycles. The standard InChI is InChI=1S/C23H19Cl2N3O.C9H7NO.C7H9ClN2.C7H5ClO/c1-2-14-12-18(25)13-27-23(14)28-20(16-5-8-17(24)9-6-16)19-10-7-15-4-3-11-26-21(15)22(19)29;11-8-5-1-3-7-4-2-6-10-9(7)8;1-2-5-3-6(8)4-10-7(5)9;8-7-3-1-6(5-9)2-4-7/h3-13,20,29H,2H2,1H3,(H,27,28);1-6,11H;3-4H,2H2,1H3,(H2,9,10);1-5H. The third-order valence-electron chi connectivity index (χ3n) is 8.86. The number of hydrogen-bond acceptors (Lipinski definition) is 9. The number of nitrogens with two attached hydrogens (primary N) is 1. The summed E-state index contributed by atoms with van der Waals surface area (Å²) in [5.74, 6) is 1.68. The van der Waals surface area contributed by atoms with Crippen LogP contribution in [0.25, 0.3) is 21.8 Å². The molecule has 4 heterocycles. The van der Waals surface area contributed by atoms with Crippen LogP contribution in [-0.2, 0) is 12.8 Å². The maximum absolute atomic E-state index is 11.0. The van der Waals surface area contributed by atoms with E-state index in [1.54, 1.807) is 61.2 Å². The number of pyridine rings is 4. The van der Waals surface area contributed by atoms with Crippen LogP contribution in [0.5, 0.6) is 11.5 Å². The van der Waals surface area contributed by atoms with Crippen molar-refractivity contribution in [1.29, 1.82) is 0 Å². The summed E-state index contributed by atoms with van der Waals surface area (Å²) in [6.07, 6.45) is 8.94. The number of aromatic hydroxyl groups is 2. The number of carbonyl (C=O) groups is 1. The van der Waals surface area contributed by atoms with Gasteiger partial charge in [-0.3, -0.25) is 14.8 Å². The molecule has 1 unspecified atom stereocenters. The first-order chi connectivity index (χ1) is 28.5. The summed E-state index contributed by atoms with van der Waals surface area (Å²) in [5, 5.41) is 28.2. The molecule has 0 fully saturated rings. The Morgan fingerprint density at radius 2 is 1.20 bits per heavy atom. The van der Waals surface area contributed by atoms with Crippen molar-refractivity contribution in [3.63, 3.8) is 0 Å². The van der Waals surface area contributed by atoms with Crippen molar-refractivity contribution in [2.24, 2.45) is 0 Å². The molecule has 4 aromatic carbocycles. The van der Waals surface area contributed by atoms with Gasteiger partial charge in [0.05, 0.1) is 16.1 Å². The fraction of sp³-hybridized carbons (Fsp3) is 0.109. The van der Waals surface area contributed by atoms with Gasteiger partial charge < -0.3 is 21.3 Å². The number of nitrogens with one attached hydrogen (secondary N) is 1. The first kappa shape index (κ1) is 44.1. The minimum absolute atomic E-state index is 0.141. The van der Waals surface area contributed by atoms with Crippen molar-refractivity contribution in [3.05, 3.63) is 188 Å². The molecule has 1 atom stereocenters. The average molecular weight is 867 g/mol. The molecule has 59 heavy (non-hydrogen) atoms. The van der Waals surface area contributed by atoms with E-state index in [-0.39, 0.29) is 17.5 Å². The number of anilines is 2. The Morgan fingerprint density at radius 1 is 0.644 bits per heavy atom. The number of nitrogen functional groups attached to an aromatic ring is 1. The fourth-order valence-corrected chi connectivity index (χ4v) is 6.41. The lowest BCUT2D eigenvalue weighted by Gasteiger charge is -2.23. The molecular formula is C46H40Cl4N6O3. The molecule has 0 spiro atoms. The van der Waals surface area contributed by atoms with Crippen molar-refractivity contribution >= 4 is 86.1 Å². The summed E-state index contributed by atoms with van der Waals surface area (Å²) in [6, 6.07) is 34.4. The van der Waals surface area contributed by atoms with Gasteiger partial charge in [-0.25, -0.2) is 9.97 Å². The zero-order valence-electron chi connectivity index (χ0n) is 32.0. The van der Waals surface area contributed by atoms with Gasteiger partial charge in [0.15, 0.2) is 0 Å². The molecule has 9 nitrogen and oxygen atoms in total. The van der Waals surface area contributed by atoms with Crippen LogP contribution in [0.2, 0.25) is 20.1 Å². The molecule has 300 valence electrons. The van der Waals surface area contributed by atoms with Crippen LogP contribution in [0.1, 0.15) is 52.5 Å². The number of fused-ring (bicyclic) bond motifs is 2. The van der Waals surface area contributed by atoms with E-state index in [0.717, 1.165) is 52.4 Å². The van der Waals surface area contributed by atoms with Crippen LogP contribution in [0, 0.1) is 0 Å². The molecule has 0 saturated heterocycles. The zero-order chi connectivity index (χ0) is 42.3. The maximum Gasteiger partial charge on any atom is 0.150 e. The van der Waals surface area contributed by atoms with E-state index in [2.05, 4.69) is 25.3 Å². The number of carbonyl (C=O) groups excluding carboxylic acids is 1. The van der Waals surface area contributed by atoms with Gasteiger partial charge >= 0.3 is 0 Å². The van der Waals surface area contributed by atoms with E-state index in [0.29, 0.717) is 48.1 Å². The highest BCUT2D eigenvalue weighted by molar-refractivity contribution is 6.31. The Bertz CT molecular complexity index is 2630. The van der Waals surface area contributed by atoms with Crippen LogP contribution in [0.15, 0.2) is 140 Å². The minimum atomic E-state index is -0.349. The number of hydrogen-bond donors (Lipinski definition) is 4.